The summed E-state index contributed by atoms with van der Waals surface area (Å²) in [5.74, 6) is 0.229. The minimum atomic E-state index is 0.229. The molecule has 15 heavy (non-hydrogen) atoms. The summed E-state index contributed by atoms with van der Waals surface area (Å²) < 4.78 is 2.02. The minimum Gasteiger partial charge on any atom is -0.300 e. The van der Waals surface area contributed by atoms with Crippen molar-refractivity contribution in [1.82, 2.24) is 9.78 Å². The van der Waals surface area contributed by atoms with Crippen LogP contribution in [0, 0.1) is 0 Å². The zero-order valence-corrected chi connectivity index (χ0v) is 9.86. The van der Waals surface area contributed by atoms with Gasteiger partial charge in [0, 0.05) is 12.6 Å². The Kier molecular flexibility index (Phi) is 4.53. The zero-order chi connectivity index (χ0) is 11.3. The van der Waals surface area contributed by atoms with E-state index in [1.165, 1.54) is 0 Å². The van der Waals surface area contributed by atoms with Crippen molar-refractivity contribution in [2.75, 3.05) is 0 Å². The number of hydrogen-bond donors (Lipinski definition) is 0. The number of aryl methyl sites for hydroxylation is 1. The molecule has 0 atom stereocenters. The van der Waals surface area contributed by atoms with Crippen LogP contribution in [0.1, 0.15) is 51.8 Å². The lowest BCUT2D eigenvalue weighted by Crippen LogP contribution is -2.08. The predicted octanol–water partition coefficient (Wildman–Crippen LogP) is 2.77. The lowest BCUT2D eigenvalue weighted by atomic mass is 10.2. The molecule has 0 radical (unpaired) electrons. The van der Waals surface area contributed by atoms with Crippen molar-refractivity contribution in [3.63, 3.8) is 0 Å². The van der Waals surface area contributed by atoms with Crippen molar-refractivity contribution in [2.24, 2.45) is 0 Å². The Morgan fingerprint density at radius 1 is 1.47 bits per heavy atom. The van der Waals surface area contributed by atoms with Gasteiger partial charge in [0.1, 0.15) is 5.78 Å². The van der Waals surface area contributed by atoms with E-state index >= 15 is 0 Å². The second-order valence-electron chi connectivity index (χ2n) is 3.96. The summed E-state index contributed by atoms with van der Waals surface area (Å²) in [5, 5.41) is 4.49. The Morgan fingerprint density at radius 3 is 2.67 bits per heavy atom. The van der Waals surface area contributed by atoms with Crippen LogP contribution in [-0.4, -0.2) is 15.6 Å². The van der Waals surface area contributed by atoms with Crippen LogP contribution in [0.25, 0.3) is 0 Å². The average molecular weight is 208 g/mol. The minimum absolute atomic E-state index is 0.229. The lowest BCUT2D eigenvalue weighted by Gasteiger charge is -2.12. The molecule has 0 fully saturated rings. The second-order valence-corrected chi connectivity index (χ2v) is 3.96. The number of aromatic nitrogens is 2. The summed E-state index contributed by atoms with van der Waals surface area (Å²) in [4.78, 5) is 10.8. The molecule has 0 aliphatic heterocycles. The fourth-order valence-electron chi connectivity index (χ4n) is 1.68. The predicted molar refractivity (Wildman–Crippen MR) is 60.8 cm³/mol. The molecule has 0 aliphatic rings. The highest BCUT2D eigenvalue weighted by Gasteiger charge is 2.07. The van der Waals surface area contributed by atoms with Gasteiger partial charge in [-0.15, -0.1) is 0 Å². The van der Waals surface area contributed by atoms with E-state index in [1.807, 2.05) is 16.9 Å². The highest BCUT2D eigenvalue weighted by atomic mass is 16.1. The third kappa shape index (κ3) is 3.50. The van der Waals surface area contributed by atoms with E-state index < -0.39 is 0 Å². The molecule has 3 heteroatoms. The highest BCUT2D eigenvalue weighted by molar-refractivity contribution is 5.75. The Hall–Kier alpha value is -1.12. The van der Waals surface area contributed by atoms with Gasteiger partial charge >= 0.3 is 0 Å². The summed E-state index contributed by atoms with van der Waals surface area (Å²) >= 11 is 0. The molecule has 0 aliphatic carbocycles. The van der Waals surface area contributed by atoms with Crippen LogP contribution >= 0.6 is 0 Å². The molecule has 0 N–H and O–H groups in total. The first-order chi connectivity index (χ1) is 7.17. The molecule has 0 amide bonds. The fraction of sp³-hybridized carbons (Fsp3) is 0.667. The first-order valence-corrected chi connectivity index (χ1v) is 5.70. The van der Waals surface area contributed by atoms with Crippen molar-refractivity contribution in [3.05, 3.63) is 18.0 Å². The van der Waals surface area contributed by atoms with E-state index in [0.29, 0.717) is 12.5 Å². The molecule has 0 unspecified atom stereocenters. The summed E-state index contributed by atoms with van der Waals surface area (Å²) in [6.07, 6.45) is 5.59. The normalized spacial score (nSPS) is 10.9. The summed E-state index contributed by atoms with van der Waals surface area (Å²) in [5.41, 5.74) is 1.03. The zero-order valence-electron chi connectivity index (χ0n) is 9.86. The first-order valence-electron chi connectivity index (χ1n) is 5.70. The molecule has 3 nitrogen and oxygen atoms in total. The van der Waals surface area contributed by atoms with E-state index in [0.717, 1.165) is 25.0 Å². The smallest absolute Gasteiger partial charge is 0.130 e. The molecule has 0 saturated heterocycles. The van der Waals surface area contributed by atoms with Crippen molar-refractivity contribution < 1.29 is 4.79 Å². The van der Waals surface area contributed by atoms with Crippen LogP contribution in [0.2, 0.25) is 0 Å². The van der Waals surface area contributed by atoms with Gasteiger partial charge < -0.3 is 4.79 Å². The van der Waals surface area contributed by atoms with Gasteiger partial charge in [0.25, 0.3) is 0 Å². The molecular formula is C12H20N2O. The quantitative estimate of drug-likeness (QED) is 0.720. The molecule has 84 valence electrons. The van der Waals surface area contributed by atoms with Crippen LogP contribution < -0.4 is 0 Å². The Bertz CT molecular complexity index is 313. The average Bonchev–Trinajstić information content (AvgIpc) is 2.65. The third-order valence-electron chi connectivity index (χ3n) is 2.71. The number of Topliss-reactive ketones (excluding diaryl/α,β-unsaturated/α-hetero) is 1. The van der Waals surface area contributed by atoms with Crippen molar-refractivity contribution in [1.29, 1.82) is 0 Å². The van der Waals surface area contributed by atoms with Gasteiger partial charge in [-0.05, 0) is 32.3 Å². The number of carbonyl (C=O) groups is 1. The van der Waals surface area contributed by atoms with E-state index in [1.54, 1.807) is 6.92 Å². The van der Waals surface area contributed by atoms with Gasteiger partial charge in [-0.25, -0.2) is 0 Å². The maximum atomic E-state index is 10.8. The van der Waals surface area contributed by atoms with Gasteiger partial charge in [0.15, 0.2) is 0 Å². The maximum Gasteiger partial charge on any atom is 0.130 e. The standard InChI is InChI=1S/C12H20N2O/c1-4-12(5-2)14-9-8-11(13-14)7-6-10(3)15/h8-9,12H,4-7H2,1-3H3. The monoisotopic (exact) mass is 208 g/mol. The molecule has 1 aromatic heterocycles. The van der Waals surface area contributed by atoms with Crippen molar-refractivity contribution >= 4 is 5.78 Å². The SMILES string of the molecule is CCC(CC)n1ccc(CCC(C)=O)n1. The first kappa shape index (κ1) is 12.0. The van der Waals surface area contributed by atoms with Gasteiger partial charge in [-0.3, -0.25) is 4.68 Å². The van der Waals surface area contributed by atoms with Crippen molar-refractivity contribution in [3.8, 4) is 0 Å². The number of nitrogens with zero attached hydrogens (tertiary/aromatic N) is 2. The third-order valence-corrected chi connectivity index (χ3v) is 2.71. The topological polar surface area (TPSA) is 34.9 Å². The number of carbonyl (C=O) groups excluding carboxylic acids is 1. The molecule has 0 bridgehead atoms. The molecule has 1 heterocycles. The van der Waals surface area contributed by atoms with Crippen LogP contribution in [-0.2, 0) is 11.2 Å². The van der Waals surface area contributed by atoms with E-state index in [4.69, 9.17) is 0 Å². The number of hydrogen-bond acceptors (Lipinski definition) is 2. The molecule has 0 spiro atoms. The maximum absolute atomic E-state index is 10.8. The van der Waals surface area contributed by atoms with Crippen LogP contribution in [0.3, 0.4) is 0 Å². The summed E-state index contributed by atoms with van der Waals surface area (Å²) in [7, 11) is 0. The highest BCUT2D eigenvalue weighted by Crippen LogP contribution is 2.14. The van der Waals surface area contributed by atoms with Gasteiger partial charge in [-0.2, -0.15) is 5.10 Å². The molecular weight excluding hydrogens is 188 g/mol. The molecule has 1 aromatic rings. The number of rotatable bonds is 6. The van der Waals surface area contributed by atoms with E-state index in [9.17, 15) is 4.79 Å². The van der Waals surface area contributed by atoms with E-state index in [2.05, 4.69) is 18.9 Å². The van der Waals surface area contributed by atoms with Gasteiger partial charge in [0.2, 0.25) is 0 Å². The van der Waals surface area contributed by atoms with E-state index in [-0.39, 0.29) is 5.78 Å². The van der Waals surface area contributed by atoms with Crippen molar-refractivity contribution in [2.45, 2.75) is 52.5 Å². The largest absolute Gasteiger partial charge is 0.300 e. The lowest BCUT2D eigenvalue weighted by molar-refractivity contribution is -0.116. The summed E-state index contributed by atoms with van der Waals surface area (Å²) in [6.45, 7) is 5.97. The van der Waals surface area contributed by atoms with Gasteiger partial charge in [-0.1, -0.05) is 13.8 Å². The fourth-order valence-corrected chi connectivity index (χ4v) is 1.68. The van der Waals surface area contributed by atoms with Crippen LogP contribution in [0.15, 0.2) is 12.3 Å². The Labute approximate surface area is 91.5 Å². The summed E-state index contributed by atoms with van der Waals surface area (Å²) in [6, 6.07) is 2.51. The molecule has 0 aromatic carbocycles. The Morgan fingerprint density at radius 2 is 2.13 bits per heavy atom. The molecule has 1 rings (SSSR count). The van der Waals surface area contributed by atoms with Gasteiger partial charge in [0.05, 0.1) is 11.7 Å². The number of ketones is 1. The van der Waals surface area contributed by atoms with Crippen LogP contribution in [0.4, 0.5) is 0 Å². The Balaban J connectivity index is 2.59. The molecule has 0 saturated carbocycles. The van der Waals surface area contributed by atoms with Crippen LogP contribution in [0.5, 0.6) is 0 Å². The second kappa shape index (κ2) is 5.69.